The lowest BCUT2D eigenvalue weighted by Crippen LogP contribution is -2.19. The smallest absolute Gasteiger partial charge is 0.0734 e. The molecule has 0 saturated carbocycles. The molecule has 0 unspecified atom stereocenters. The van der Waals surface area contributed by atoms with Crippen LogP contribution in [0, 0.1) is 0 Å². The van der Waals surface area contributed by atoms with Crippen LogP contribution >= 0.6 is 11.8 Å². The van der Waals surface area contributed by atoms with E-state index in [0.717, 1.165) is 0 Å². The molecule has 1 aromatic carbocycles. The Hall–Kier alpha value is -0.470. The van der Waals surface area contributed by atoms with E-state index in [0.29, 0.717) is 6.61 Å². The summed E-state index contributed by atoms with van der Waals surface area (Å²) in [5.41, 5.74) is 1.20. The average Bonchev–Trinajstić information content (AvgIpc) is 2.12. The number of thioether (sulfide) groups is 1. The summed E-state index contributed by atoms with van der Waals surface area (Å²) < 4.78 is 6.09. The molecule has 0 aromatic heterocycles. The Morgan fingerprint density at radius 1 is 1.00 bits per heavy atom. The normalized spacial score (nSPS) is 12.8. The van der Waals surface area contributed by atoms with Gasteiger partial charge in [-0.3, -0.25) is 0 Å². The molecule has 2 heteroatoms. The molecule has 1 rings (SSSR count). The van der Waals surface area contributed by atoms with Crippen molar-refractivity contribution in [2.24, 2.45) is 0 Å². The number of hydrogen-bond acceptors (Lipinski definition) is 2. The first-order valence-electron chi connectivity index (χ1n) is 6.08. The predicted molar refractivity (Wildman–Crippen MR) is 76.6 cm³/mol. The van der Waals surface area contributed by atoms with Gasteiger partial charge in [0.25, 0.3) is 0 Å². The van der Waals surface area contributed by atoms with Crippen LogP contribution in [0.4, 0.5) is 0 Å². The summed E-state index contributed by atoms with van der Waals surface area (Å²) in [6, 6.07) is 8.50. The summed E-state index contributed by atoms with van der Waals surface area (Å²) in [5, 5.41) is 0. The zero-order chi connectivity index (χ0) is 13.1. The number of benzene rings is 1. The molecule has 1 nitrogen and oxygen atoms in total. The highest BCUT2D eigenvalue weighted by atomic mass is 32.2. The molecule has 0 atom stereocenters. The standard InChI is InChI=1S/C15H24OS/c1-14(2,3)16-11-12-9-7-8-10-13(12)17-15(4,5)6/h7-10H,11H2,1-6H3. The minimum absolute atomic E-state index is 0.0838. The molecule has 0 bridgehead atoms. The van der Waals surface area contributed by atoms with E-state index in [9.17, 15) is 0 Å². The Kier molecular flexibility index (Phi) is 4.68. The van der Waals surface area contributed by atoms with E-state index in [4.69, 9.17) is 4.74 Å². The zero-order valence-corrected chi connectivity index (χ0v) is 12.6. The van der Waals surface area contributed by atoms with Gasteiger partial charge >= 0.3 is 0 Å². The minimum Gasteiger partial charge on any atom is -0.371 e. The van der Waals surface area contributed by atoms with Gasteiger partial charge in [-0.1, -0.05) is 39.0 Å². The van der Waals surface area contributed by atoms with Crippen molar-refractivity contribution in [3.8, 4) is 0 Å². The van der Waals surface area contributed by atoms with Gasteiger partial charge in [0.1, 0.15) is 0 Å². The fraction of sp³-hybridized carbons (Fsp3) is 0.600. The Labute approximate surface area is 110 Å². The van der Waals surface area contributed by atoms with Crippen molar-refractivity contribution in [2.75, 3.05) is 0 Å². The van der Waals surface area contributed by atoms with Gasteiger partial charge < -0.3 is 4.74 Å². The molecule has 0 spiro atoms. The maximum absolute atomic E-state index is 5.86. The first-order chi connectivity index (χ1) is 7.67. The first kappa shape index (κ1) is 14.6. The molecule has 1 aromatic rings. The highest BCUT2D eigenvalue weighted by molar-refractivity contribution is 8.00. The Morgan fingerprint density at radius 3 is 2.12 bits per heavy atom. The van der Waals surface area contributed by atoms with Crippen molar-refractivity contribution < 1.29 is 4.74 Å². The van der Waals surface area contributed by atoms with Gasteiger partial charge in [-0.25, -0.2) is 0 Å². The van der Waals surface area contributed by atoms with Gasteiger partial charge in [0.15, 0.2) is 0 Å². The van der Waals surface area contributed by atoms with E-state index < -0.39 is 0 Å². The van der Waals surface area contributed by atoms with Gasteiger partial charge in [-0.2, -0.15) is 0 Å². The van der Waals surface area contributed by atoms with Gasteiger partial charge in [-0.05, 0) is 32.4 Å². The van der Waals surface area contributed by atoms with Crippen LogP contribution in [0.3, 0.4) is 0 Å². The number of rotatable bonds is 3. The van der Waals surface area contributed by atoms with E-state index >= 15 is 0 Å². The van der Waals surface area contributed by atoms with Gasteiger partial charge in [-0.15, -0.1) is 11.8 Å². The maximum Gasteiger partial charge on any atom is 0.0734 e. The second-order valence-corrected chi connectivity index (χ2v) is 8.09. The van der Waals surface area contributed by atoms with Crippen LogP contribution in [0.2, 0.25) is 0 Å². The van der Waals surface area contributed by atoms with Crippen molar-refractivity contribution in [1.82, 2.24) is 0 Å². The minimum atomic E-state index is -0.0838. The van der Waals surface area contributed by atoms with Crippen LogP contribution in [0.25, 0.3) is 0 Å². The molecule has 0 aliphatic carbocycles. The summed E-state index contributed by atoms with van der Waals surface area (Å²) in [7, 11) is 0. The predicted octanol–water partition coefficient (Wildman–Crippen LogP) is 4.89. The summed E-state index contributed by atoms with van der Waals surface area (Å²) in [6.45, 7) is 13.7. The highest BCUT2D eigenvalue weighted by Crippen LogP contribution is 2.34. The number of hydrogen-bond donors (Lipinski definition) is 0. The maximum atomic E-state index is 5.86. The van der Waals surface area contributed by atoms with Crippen LogP contribution in [0.5, 0.6) is 0 Å². The quantitative estimate of drug-likeness (QED) is 0.708. The van der Waals surface area contributed by atoms with E-state index in [2.05, 4.69) is 65.8 Å². The Morgan fingerprint density at radius 2 is 1.59 bits per heavy atom. The lowest BCUT2D eigenvalue weighted by Gasteiger charge is -2.23. The Bertz CT molecular complexity index is 358. The summed E-state index contributed by atoms with van der Waals surface area (Å²) in [5.74, 6) is 0. The van der Waals surface area contributed by atoms with Gasteiger partial charge in [0, 0.05) is 9.64 Å². The molecular weight excluding hydrogens is 228 g/mol. The van der Waals surface area contributed by atoms with Crippen LogP contribution in [0.15, 0.2) is 29.2 Å². The third kappa shape index (κ3) is 6.13. The molecule has 0 radical (unpaired) electrons. The first-order valence-corrected chi connectivity index (χ1v) is 6.90. The van der Waals surface area contributed by atoms with Crippen LogP contribution in [-0.4, -0.2) is 10.3 Å². The van der Waals surface area contributed by atoms with Crippen molar-refractivity contribution in [2.45, 2.75) is 63.4 Å². The average molecular weight is 252 g/mol. The molecule has 0 aliphatic rings. The molecular formula is C15H24OS. The van der Waals surface area contributed by atoms with Crippen molar-refractivity contribution in [3.05, 3.63) is 29.8 Å². The lowest BCUT2D eigenvalue weighted by molar-refractivity contribution is -0.0158. The third-order valence-corrected chi connectivity index (χ3v) is 3.28. The second kappa shape index (κ2) is 5.45. The van der Waals surface area contributed by atoms with Crippen LogP contribution in [-0.2, 0) is 11.3 Å². The second-order valence-electron chi connectivity index (χ2n) is 6.22. The van der Waals surface area contributed by atoms with Gasteiger partial charge in [0.2, 0.25) is 0 Å². The fourth-order valence-corrected chi connectivity index (χ4v) is 2.41. The van der Waals surface area contributed by atoms with E-state index in [1.165, 1.54) is 10.5 Å². The fourth-order valence-electron chi connectivity index (χ4n) is 1.35. The molecule has 0 aliphatic heterocycles. The molecule has 0 amide bonds. The van der Waals surface area contributed by atoms with Crippen molar-refractivity contribution in [1.29, 1.82) is 0 Å². The zero-order valence-electron chi connectivity index (χ0n) is 11.8. The topological polar surface area (TPSA) is 9.23 Å². The van der Waals surface area contributed by atoms with E-state index in [1.54, 1.807) is 0 Å². The molecule has 96 valence electrons. The molecule has 0 N–H and O–H groups in total. The van der Waals surface area contributed by atoms with Crippen molar-refractivity contribution >= 4 is 11.8 Å². The molecule has 17 heavy (non-hydrogen) atoms. The summed E-state index contributed by atoms with van der Waals surface area (Å²) >= 11 is 1.90. The van der Waals surface area contributed by atoms with Gasteiger partial charge in [0.05, 0.1) is 12.2 Å². The number of ether oxygens (including phenoxy) is 1. The van der Waals surface area contributed by atoms with E-state index in [1.807, 2.05) is 11.8 Å². The van der Waals surface area contributed by atoms with E-state index in [-0.39, 0.29) is 10.3 Å². The highest BCUT2D eigenvalue weighted by Gasteiger charge is 2.16. The summed E-state index contributed by atoms with van der Waals surface area (Å²) in [6.07, 6.45) is 0. The van der Waals surface area contributed by atoms with Crippen LogP contribution in [0.1, 0.15) is 47.1 Å². The lowest BCUT2D eigenvalue weighted by atomic mass is 10.2. The molecule has 0 heterocycles. The summed E-state index contributed by atoms with van der Waals surface area (Å²) in [4.78, 5) is 1.32. The Balaban J connectivity index is 2.78. The third-order valence-electron chi connectivity index (χ3n) is 2.05. The van der Waals surface area contributed by atoms with Crippen LogP contribution < -0.4 is 0 Å². The molecule has 0 fully saturated rings. The van der Waals surface area contributed by atoms with Crippen molar-refractivity contribution in [3.63, 3.8) is 0 Å². The monoisotopic (exact) mass is 252 g/mol. The largest absolute Gasteiger partial charge is 0.371 e. The SMILES string of the molecule is CC(C)(C)OCc1ccccc1SC(C)(C)C. The molecule has 0 saturated heterocycles.